The summed E-state index contributed by atoms with van der Waals surface area (Å²) < 4.78 is 5.25. The fourth-order valence-corrected chi connectivity index (χ4v) is 4.92. The van der Waals surface area contributed by atoms with E-state index in [1.54, 1.807) is 7.11 Å². The number of nitrogens with one attached hydrogen (secondary N) is 1. The van der Waals surface area contributed by atoms with Gasteiger partial charge in [0.1, 0.15) is 5.75 Å². The minimum Gasteiger partial charge on any atom is -0.497 e. The summed E-state index contributed by atoms with van der Waals surface area (Å²) >= 11 is 0. The number of carbonyl (C=O) groups is 1. The van der Waals surface area contributed by atoms with Crippen LogP contribution in [0, 0.1) is 5.92 Å². The van der Waals surface area contributed by atoms with Gasteiger partial charge in [-0.15, -0.1) is 0 Å². The minimum atomic E-state index is 0.363. The highest BCUT2D eigenvalue weighted by atomic mass is 16.5. The van der Waals surface area contributed by atoms with Crippen LogP contribution >= 0.6 is 0 Å². The van der Waals surface area contributed by atoms with E-state index in [-0.39, 0.29) is 0 Å². The van der Waals surface area contributed by atoms with Crippen molar-refractivity contribution in [2.45, 2.75) is 70.0 Å². The van der Waals surface area contributed by atoms with Crippen molar-refractivity contribution < 1.29 is 9.53 Å². The second-order valence-electron chi connectivity index (χ2n) is 8.83. The normalized spacial score (nSPS) is 23.8. The van der Waals surface area contributed by atoms with E-state index < -0.39 is 0 Å². The number of rotatable bonds is 6. The summed E-state index contributed by atoms with van der Waals surface area (Å²) in [4.78, 5) is 17.8. The maximum atomic E-state index is 13.2. The van der Waals surface area contributed by atoms with Crippen LogP contribution in [0.3, 0.4) is 0 Å². The third kappa shape index (κ3) is 6.19. The Labute approximate surface area is 176 Å². The number of methoxy groups -OCH3 is 1. The van der Waals surface area contributed by atoms with Crippen molar-refractivity contribution in [2.75, 3.05) is 34.3 Å². The summed E-state index contributed by atoms with van der Waals surface area (Å²) in [5.41, 5.74) is 1.26. The van der Waals surface area contributed by atoms with Crippen molar-refractivity contribution in [2.24, 2.45) is 5.92 Å². The van der Waals surface area contributed by atoms with Crippen molar-refractivity contribution >= 4 is 5.91 Å². The molecule has 4 rings (SSSR count). The van der Waals surface area contributed by atoms with Crippen molar-refractivity contribution in [1.29, 1.82) is 0 Å². The molecule has 1 aliphatic heterocycles. The largest absolute Gasteiger partial charge is 0.497 e. The average Bonchev–Trinajstić information content (AvgIpc) is 3.59. The number of likely N-dealkylation sites (tertiary alicyclic amines) is 1. The molecule has 0 radical (unpaired) electrons. The lowest BCUT2D eigenvalue weighted by molar-refractivity contribution is -0.139. The third-order valence-electron chi connectivity index (χ3n) is 6.51. The quantitative estimate of drug-likeness (QED) is 0.790. The van der Waals surface area contributed by atoms with Crippen LogP contribution in [0.2, 0.25) is 0 Å². The van der Waals surface area contributed by atoms with E-state index in [0.717, 1.165) is 24.8 Å². The molecule has 0 spiro atoms. The summed E-state index contributed by atoms with van der Waals surface area (Å²) in [6, 6.07) is 9.38. The van der Waals surface area contributed by atoms with Crippen LogP contribution in [0.4, 0.5) is 0 Å². The maximum absolute atomic E-state index is 13.2. The van der Waals surface area contributed by atoms with E-state index in [1.807, 2.05) is 26.2 Å². The maximum Gasteiger partial charge on any atom is 0.237 e. The molecule has 1 amide bonds. The van der Waals surface area contributed by atoms with Gasteiger partial charge in [-0.25, -0.2) is 0 Å². The third-order valence-corrected chi connectivity index (χ3v) is 6.51. The number of hydrogen-bond donors (Lipinski definition) is 1. The van der Waals surface area contributed by atoms with E-state index in [2.05, 4.69) is 27.2 Å². The first kappa shape index (κ1) is 22.1. The Bertz CT molecular complexity index is 628. The standard InChI is InChI=1S/C22H32N2O2.C2H7N/c1-26-20-12-8-17(9-13-20)15-23(19-10-11-19)16-22(25)24-14-4-6-18-5-2-3-7-21(18)24;1-3-2/h8-9,12-13,18-19,21H,2-7,10-11,14-16H2,1H3;3H,1-2H3. The van der Waals surface area contributed by atoms with Gasteiger partial charge in [-0.05, 0) is 76.2 Å². The Morgan fingerprint density at radius 3 is 2.38 bits per heavy atom. The van der Waals surface area contributed by atoms with E-state index in [0.29, 0.717) is 24.5 Å². The summed E-state index contributed by atoms with van der Waals surface area (Å²) in [6.45, 7) is 2.42. The van der Waals surface area contributed by atoms with Crippen LogP contribution in [0.5, 0.6) is 5.75 Å². The zero-order chi connectivity index (χ0) is 20.6. The van der Waals surface area contributed by atoms with Gasteiger partial charge >= 0.3 is 0 Å². The number of amides is 1. The molecule has 0 aromatic heterocycles. The summed E-state index contributed by atoms with van der Waals surface area (Å²) in [6.07, 6.45) is 10.2. The molecule has 2 unspecified atom stereocenters. The van der Waals surface area contributed by atoms with Gasteiger partial charge in [0, 0.05) is 25.2 Å². The molecular weight excluding hydrogens is 362 g/mol. The van der Waals surface area contributed by atoms with Gasteiger partial charge in [0.25, 0.3) is 0 Å². The molecule has 1 heterocycles. The van der Waals surface area contributed by atoms with E-state index in [9.17, 15) is 4.79 Å². The Morgan fingerprint density at radius 1 is 1.07 bits per heavy atom. The lowest BCUT2D eigenvalue weighted by Crippen LogP contribution is -2.52. The molecule has 1 aromatic carbocycles. The van der Waals surface area contributed by atoms with Crippen LogP contribution in [-0.2, 0) is 11.3 Å². The highest BCUT2D eigenvalue weighted by Gasteiger charge is 2.37. The molecule has 1 saturated heterocycles. The molecule has 0 bridgehead atoms. The van der Waals surface area contributed by atoms with Crippen LogP contribution in [0.15, 0.2) is 24.3 Å². The van der Waals surface area contributed by atoms with Crippen LogP contribution < -0.4 is 10.1 Å². The highest BCUT2D eigenvalue weighted by Crippen LogP contribution is 2.36. The lowest BCUT2D eigenvalue weighted by atomic mass is 9.78. The molecule has 1 N–H and O–H groups in total. The predicted octanol–water partition coefficient (Wildman–Crippen LogP) is 3.68. The number of nitrogens with zero attached hydrogens (tertiary/aromatic N) is 2. The number of piperidine rings is 1. The number of carbonyl (C=O) groups excluding carboxylic acids is 1. The van der Waals surface area contributed by atoms with Crippen molar-refractivity contribution in [3.63, 3.8) is 0 Å². The van der Waals surface area contributed by atoms with E-state index in [1.165, 1.54) is 56.9 Å². The molecule has 2 atom stereocenters. The molecule has 2 aliphatic carbocycles. The molecule has 3 fully saturated rings. The first-order valence-electron chi connectivity index (χ1n) is 11.4. The molecular formula is C24H39N3O2. The second-order valence-corrected chi connectivity index (χ2v) is 8.83. The van der Waals surface area contributed by atoms with Gasteiger partial charge < -0.3 is 15.0 Å². The van der Waals surface area contributed by atoms with Gasteiger partial charge in [-0.2, -0.15) is 0 Å². The van der Waals surface area contributed by atoms with Gasteiger partial charge in [0.2, 0.25) is 5.91 Å². The predicted molar refractivity (Wildman–Crippen MR) is 118 cm³/mol. The van der Waals surface area contributed by atoms with Crippen molar-refractivity contribution in [3.8, 4) is 5.75 Å². The molecule has 1 aromatic rings. The highest BCUT2D eigenvalue weighted by molar-refractivity contribution is 5.79. The van der Waals surface area contributed by atoms with E-state index in [4.69, 9.17) is 4.74 Å². The Balaban J connectivity index is 0.000000755. The zero-order valence-corrected chi connectivity index (χ0v) is 18.5. The zero-order valence-electron chi connectivity index (χ0n) is 18.5. The molecule has 3 aliphatic rings. The number of fused-ring (bicyclic) bond motifs is 1. The first-order chi connectivity index (χ1) is 14.2. The Kier molecular flexibility index (Phi) is 8.37. The molecule has 162 valence electrons. The fourth-order valence-electron chi connectivity index (χ4n) is 4.92. The first-order valence-corrected chi connectivity index (χ1v) is 11.4. The lowest BCUT2D eigenvalue weighted by Gasteiger charge is -2.44. The van der Waals surface area contributed by atoms with Gasteiger partial charge in [-0.3, -0.25) is 9.69 Å². The minimum absolute atomic E-state index is 0.363. The molecule has 5 nitrogen and oxygen atoms in total. The van der Waals surface area contributed by atoms with Crippen LogP contribution in [0.1, 0.15) is 56.9 Å². The topological polar surface area (TPSA) is 44.8 Å². The molecule has 2 saturated carbocycles. The summed E-state index contributed by atoms with van der Waals surface area (Å²) in [5.74, 6) is 2.01. The van der Waals surface area contributed by atoms with Gasteiger partial charge in [0.15, 0.2) is 0 Å². The number of benzene rings is 1. The van der Waals surface area contributed by atoms with Crippen LogP contribution in [-0.4, -0.2) is 62.1 Å². The van der Waals surface area contributed by atoms with Crippen molar-refractivity contribution in [1.82, 2.24) is 15.1 Å². The average molecular weight is 402 g/mol. The molecule has 5 heteroatoms. The monoisotopic (exact) mass is 401 g/mol. The van der Waals surface area contributed by atoms with Gasteiger partial charge in [-0.1, -0.05) is 25.0 Å². The van der Waals surface area contributed by atoms with Crippen molar-refractivity contribution in [3.05, 3.63) is 29.8 Å². The Morgan fingerprint density at radius 2 is 1.72 bits per heavy atom. The summed E-state index contributed by atoms with van der Waals surface area (Å²) in [7, 11) is 5.45. The summed E-state index contributed by atoms with van der Waals surface area (Å²) in [5, 5.41) is 2.75. The number of ether oxygens (including phenoxy) is 1. The number of hydrogen-bond acceptors (Lipinski definition) is 4. The van der Waals surface area contributed by atoms with Crippen LogP contribution in [0.25, 0.3) is 0 Å². The molecule has 29 heavy (non-hydrogen) atoms. The smallest absolute Gasteiger partial charge is 0.237 e. The second kappa shape index (κ2) is 11.0. The van der Waals surface area contributed by atoms with E-state index >= 15 is 0 Å². The SMILES string of the molecule is CNC.COc1ccc(CN(CC(=O)N2CCCC3CCCCC32)C2CC2)cc1. The Hall–Kier alpha value is -1.59. The fraction of sp³-hybridized carbons (Fsp3) is 0.708. The van der Waals surface area contributed by atoms with Gasteiger partial charge in [0.05, 0.1) is 13.7 Å².